The molecule has 1 N–H and O–H groups in total. The van der Waals surface area contributed by atoms with Crippen molar-refractivity contribution < 1.29 is 33.3 Å². The van der Waals surface area contributed by atoms with Gasteiger partial charge in [0, 0.05) is 25.6 Å². The molecule has 4 rings (SSSR count). The molecular weight excluding hydrogens is 486 g/mol. The Morgan fingerprint density at radius 2 is 1.82 bits per heavy atom. The van der Waals surface area contributed by atoms with Gasteiger partial charge in [0.1, 0.15) is 5.75 Å². The van der Waals surface area contributed by atoms with Gasteiger partial charge in [0.05, 0.1) is 25.3 Å². The van der Waals surface area contributed by atoms with Gasteiger partial charge in [-0.25, -0.2) is 0 Å². The first-order valence-corrected chi connectivity index (χ1v) is 13.1. The zero-order valence-electron chi connectivity index (χ0n) is 22.2. The topological polar surface area (TPSA) is 98.4 Å². The molecule has 0 aliphatic carbocycles. The maximum Gasteiger partial charge on any atom is 0.290 e. The first-order chi connectivity index (χ1) is 18.5. The van der Waals surface area contributed by atoms with E-state index in [1.807, 2.05) is 30.3 Å². The Labute approximate surface area is 222 Å². The summed E-state index contributed by atoms with van der Waals surface area (Å²) in [5.74, 6) is -0.490. The van der Waals surface area contributed by atoms with Crippen molar-refractivity contribution in [2.24, 2.45) is 0 Å². The van der Waals surface area contributed by atoms with Crippen LogP contribution in [0.1, 0.15) is 61.2 Å². The molecule has 8 nitrogen and oxygen atoms in total. The van der Waals surface area contributed by atoms with E-state index in [1.165, 1.54) is 24.9 Å². The first-order valence-electron chi connectivity index (χ1n) is 13.1. The number of furan rings is 1. The Hall–Kier alpha value is -3.78. The third-order valence-electron chi connectivity index (χ3n) is 6.71. The highest BCUT2D eigenvalue weighted by molar-refractivity contribution is 6.16. The largest absolute Gasteiger partial charge is 0.503 e. The highest BCUT2D eigenvalue weighted by Gasteiger charge is 2.44. The van der Waals surface area contributed by atoms with Gasteiger partial charge in [0.25, 0.3) is 5.91 Å². The number of carbonyl (C=O) groups is 2. The molecule has 2 heterocycles. The number of methoxy groups -OCH3 is 2. The van der Waals surface area contributed by atoms with Crippen LogP contribution in [0.15, 0.2) is 64.3 Å². The van der Waals surface area contributed by atoms with Crippen molar-refractivity contribution in [1.82, 2.24) is 4.90 Å². The first kappa shape index (κ1) is 27.3. The number of hydrogen-bond acceptors (Lipinski definition) is 7. The standard InChI is InChI=1S/C30H35NO7/c1-4-5-6-7-18-37-22-14-12-20(13-15-22)26-25(28(33)30(34)31(26)16-9-17-35-2)27(32)24-19-21-10-8-11-23(36-3)29(21)38-24/h8,10-15,19,26,33H,4-7,9,16-18H2,1-3H3. The van der Waals surface area contributed by atoms with Crippen molar-refractivity contribution in [3.63, 3.8) is 0 Å². The molecule has 38 heavy (non-hydrogen) atoms. The normalized spacial score (nSPS) is 15.5. The number of ketones is 1. The Balaban J connectivity index is 1.64. The van der Waals surface area contributed by atoms with E-state index in [-0.39, 0.29) is 11.3 Å². The third-order valence-corrected chi connectivity index (χ3v) is 6.71. The predicted octanol–water partition coefficient (Wildman–Crippen LogP) is 6.02. The lowest BCUT2D eigenvalue weighted by molar-refractivity contribution is -0.129. The summed E-state index contributed by atoms with van der Waals surface area (Å²) in [6.07, 6.45) is 5.00. The van der Waals surface area contributed by atoms with Gasteiger partial charge in [-0.1, -0.05) is 50.5 Å². The van der Waals surface area contributed by atoms with E-state index in [0.29, 0.717) is 54.2 Å². The molecule has 1 atom stereocenters. The highest BCUT2D eigenvalue weighted by Crippen LogP contribution is 2.40. The number of para-hydroxylation sites is 1. The molecule has 1 aromatic heterocycles. The minimum absolute atomic E-state index is 0.0151. The fourth-order valence-corrected chi connectivity index (χ4v) is 4.75. The van der Waals surface area contributed by atoms with Gasteiger partial charge in [-0.15, -0.1) is 0 Å². The summed E-state index contributed by atoms with van der Waals surface area (Å²) < 4.78 is 22.2. The van der Waals surface area contributed by atoms with E-state index in [4.69, 9.17) is 18.6 Å². The van der Waals surface area contributed by atoms with Crippen LogP contribution < -0.4 is 9.47 Å². The summed E-state index contributed by atoms with van der Waals surface area (Å²) in [5, 5.41) is 11.6. The van der Waals surface area contributed by atoms with Gasteiger partial charge in [-0.05, 0) is 42.7 Å². The van der Waals surface area contributed by atoms with Gasteiger partial charge in [-0.3, -0.25) is 9.59 Å². The zero-order chi connectivity index (χ0) is 27.1. The van der Waals surface area contributed by atoms with Crippen molar-refractivity contribution >= 4 is 22.7 Å². The Kier molecular flexibility index (Phi) is 9.07. The molecule has 1 amide bonds. The SMILES string of the molecule is CCCCCCOc1ccc(C2C(C(=O)c3cc4cccc(OC)c4o3)=C(O)C(=O)N2CCCOC)cc1. The molecule has 1 aliphatic heterocycles. The molecule has 1 aliphatic rings. The van der Waals surface area contributed by atoms with Crippen molar-refractivity contribution in [2.45, 2.75) is 45.1 Å². The molecule has 0 spiro atoms. The number of aliphatic hydroxyl groups excluding tert-OH is 1. The van der Waals surface area contributed by atoms with Crippen LogP contribution in [0, 0.1) is 0 Å². The maximum atomic E-state index is 13.7. The summed E-state index contributed by atoms with van der Waals surface area (Å²) in [4.78, 5) is 28.4. The van der Waals surface area contributed by atoms with Crippen molar-refractivity contribution in [2.75, 3.05) is 34.0 Å². The van der Waals surface area contributed by atoms with E-state index in [9.17, 15) is 14.7 Å². The number of fused-ring (bicyclic) bond motifs is 1. The van der Waals surface area contributed by atoms with Crippen LogP contribution in [0.2, 0.25) is 0 Å². The number of rotatable bonds is 14. The van der Waals surface area contributed by atoms with Crippen LogP contribution in [-0.4, -0.2) is 55.7 Å². The molecule has 2 aromatic carbocycles. The second kappa shape index (κ2) is 12.6. The van der Waals surface area contributed by atoms with E-state index in [1.54, 1.807) is 25.3 Å². The Bertz CT molecular complexity index is 1290. The Morgan fingerprint density at radius 1 is 1.03 bits per heavy atom. The van der Waals surface area contributed by atoms with E-state index in [0.717, 1.165) is 12.8 Å². The van der Waals surface area contributed by atoms with Gasteiger partial charge in [-0.2, -0.15) is 0 Å². The average Bonchev–Trinajstić information content (AvgIpc) is 3.48. The van der Waals surface area contributed by atoms with Crippen molar-refractivity contribution in [3.8, 4) is 11.5 Å². The number of hydrogen-bond donors (Lipinski definition) is 1. The van der Waals surface area contributed by atoms with Crippen LogP contribution in [0.5, 0.6) is 11.5 Å². The number of unbranched alkanes of at least 4 members (excludes halogenated alkanes) is 3. The minimum atomic E-state index is -0.777. The van der Waals surface area contributed by atoms with Crippen molar-refractivity contribution in [1.29, 1.82) is 0 Å². The fourth-order valence-electron chi connectivity index (χ4n) is 4.75. The summed E-state index contributed by atoms with van der Waals surface area (Å²) in [7, 11) is 3.11. The van der Waals surface area contributed by atoms with Crippen LogP contribution >= 0.6 is 0 Å². The van der Waals surface area contributed by atoms with Crippen LogP contribution in [0.25, 0.3) is 11.0 Å². The monoisotopic (exact) mass is 521 g/mol. The molecule has 0 saturated carbocycles. The van der Waals surface area contributed by atoms with Crippen LogP contribution in [0.3, 0.4) is 0 Å². The highest BCUT2D eigenvalue weighted by atomic mass is 16.5. The molecule has 0 radical (unpaired) electrons. The minimum Gasteiger partial charge on any atom is -0.503 e. The van der Waals surface area contributed by atoms with Gasteiger partial charge in [0.15, 0.2) is 22.9 Å². The summed E-state index contributed by atoms with van der Waals surface area (Å²) in [6, 6.07) is 13.5. The number of ether oxygens (including phenoxy) is 3. The quantitative estimate of drug-likeness (QED) is 0.205. The summed E-state index contributed by atoms with van der Waals surface area (Å²) in [5.41, 5.74) is 1.10. The lowest BCUT2D eigenvalue weighted by Crippen LogP contribution is -2.32. The molecule has 202 valence electrons. The molecule has 3 aromatic rings. The Morgan fingerprint density at radius 3 is 2.53 bits per heavy atom. The van der Waals surface area contributed by atoms with E-state index in [2.05, 4.69) is 6.92 Å². The fraction of sp³-hybridized carbons (Fsp3) is 0.400. The number of benzene rings is 2. The number of nitrogens with zero attached hydrogens (tertiary/aromatic N) is 1. The summed E-state index contributed by atoms with van der Waals surface area (Å²) >= 11 is 0. The van der Waals surface area contributed by atoms with E-state index >= 15 is 0 Å². The van der Waals surface area contributed by atoms with Crippen LogP contribution in [-0.2, 0) is 9.53 Å². The predicted molar refractivity (Wildman–Crippen MR) is 144 cm³/mol. The second-order valence-electron chi connectivity index (χ2n) is 9.31. The number of carbonyl (C=O) groups excluding carboxylic acids is 2. The third kappa shape index (κ3) is 5.70. The molecule has 8 heteroatoms. The van der Waals surface area contributed by atoms with Crippen molar-refractivity contribution in [3.05, 3.63) is 71.2 Å². The van der Waals surface area contributed by atoms with Gasteiger partial charge in [0.2, 0.25) is 5.78 Å². The molecule has 1 unspecified atom stereocenters. The molecular formula is C30H35NO7. The number of aliphatic hydroxyl groups is 1. The molecule has 0 fully saturated rings. The van der Waals surface area contributed by atoms with Gasteiger partial charge >= 0.3 is 0 Å². The lowest BCUT2D eigenvalue weighted by atomic mass is 9.95. The van der Waals surface area contributed by atoms with E-state index < -0.39 is 23.5 Å². The van der Waals surface area contributed by atoms with Gasteiger partial charge < -0.3 is 28.6 Å². The smallest absolute Gasteiger partial charge is 0.290 e. The zero-order valence-corrected chi connectivity index (χ0v) is 22.2. The number of Topliss-reactive ketones (excluding diaryl/α,β-unsaturated/α-hetero) is 1. The number of amides is 1. The molecule has 0 bridgehead atoms. The second-order valence-corrected chi connectivity index (χ2v) is 9.31. The molecule has 0 saturated heterocycles. The maximum absolute atomic E-state index is 13.7. The summed E-state index contributed by atoms with van der Waals surface area (Å²) in [6.45, 7) is 3.54. The average molecular weight is 522 g/mol. The lowest BCUT2D eigenvalue weighted by Gasteiger charge is -2.26. The van der Waals surface area contributed by atoms with Crippen LogP contribution in [0.4, 0.5) is 0 Å².